The minimum Gasteiger partial charge on any atom is -0.288 e. The van der Waals surface area contributed by atoms with Gasteiger partial charge in [0.15, 0.2) is 0 Å². The first-order valence-corrected chi connectivity index (χ1v) is 5.44. The second-order valence-electron chi connectivity index (χ2n) is 3.87. The van der Waals surface area contributed by atoms with Crippen molar-refractivity contribution in [2.45, 2.75) is 13.8 Å². The number of anilines is 1. The van der Waals surface area contributed by atoms with Gasteiger partial charge in [0.1, 0.15) is 5.69 Å². The molecule has 0 amide bonds. The number of H-pyrrole nitrogens is 1. The highest BCUT2D eigenvalue weighted by molar-refractivity contribution is 5.80. The summed E-state index contributed by atoms with van der Waals surface area (Å²) < 4.78 is 0. The Hall–Kier alpha value is -2.50. The van der Waals surface area contributed by atoms with E-state index in [9.17, 15) is 4.79 Å². The van der Waals surface area contributed by atoms with E-state index in [1.807, 2.05) is 31.2 Å². The van der Waals surface area contributed by atoms with E-state index in [2.05, 4.69) is 25.7 Å². The second kappa shape index (κ2) is 5.22. The number of benzene rings is 1. The molecule has 0 fully saturated rings. The number of hydrogen-bond acceptors (Lipinski definition) is 5. The van der Waals surface area contributed by atoms with Crippen molar-refractivity contribution in [3.63, 3.8) is 0 Å². The maximum atomic E-state index is 11.3. The maximum absolute atomic E-state index is 11.3. The Morgan fingerprint density at radius 1 is 1.33 bits per heavy atom. The number of aryl methyl sites for hydroxylation is 2. The zero-order chi connectivity index (χ0) is 13.0. The summed E-state index contributed by atoms with van der Waals surface area (Å²) in [6.45, 7) is 3.60. The second-order valence-corrected chi connectivity index (χ2v) is 3.87. The fraction of sp³-hybridized carbons (Fsp3) is 0.167. The first-order valence-electron chi connectivity index (χ1n) is 5.44. The van der Waals surface area contributed by atoms with E-state index in [1.54, 1.807) is 13.1 Å². The van der Waals surface area contributed by atoms with E-state index in [0.29, 0.717) is 5.69 Å². The highest BCUT2D eigenvalue weighted by Crippen LogP contribution is 2.01. The summed E-state index contributed by atoms with van der Waals surface area (Å²) in [7, 11) is 0. The maximum Gasteiger partial charge on any atom is 0.274 e. The van der Waals surface area contributed by atoms with Crippen LogP contribution in [0.1, 0.15) is 16.8 Å². The van der Waals surface area contributed by atoms with Gasteiger partial charge in [0.05, 0.1) is 6.21 Å². The smallest absolute Gasteiger partial charge is 0.274 e. The van der Waals surface area contributed by atoms with E-state index in [-0.39, 0.29) is 11.5 Å². The third-order valence-corrected chi connectivity index (χ3v) is 2.29. The van der Waals surface area contributed by atoms with E-state index in [0.717, 1.165) is 11.1 Å². The molecule has 1 aromatic heterocycles. The molecule has 0 bridgehead atoms. The summed E-state index contributed by atoms with van der Waals surface area (Å²) in [6.07, 6.45) is 1.65. The van der Waals surface area contributed by atoms with Gasteiger partial charge in [-0.2, -0.15) is 5.10 Å². The molecule has 92 valence electrons. The Balaban J connectivity index is 2.07. The zero-order valence-electron chi connectivity index (χ0n) is 10.1. The topological polar surface area (TPSA) is 83.0 Å². The average Bonchev–Trinajstić information content (AvgIpc) is 2.34. The summed E-state index contributed by atoms with van der Waals surface area (Å²) in [5.41, 5.74) is 4.78. The number of aromatic amines is 1. The van der Waals surface area contributed by atoms with Crippen molar-refractivity contribution in [3.8, 4) is 0 Å². The van der Waals surface area contributed by atoms with Crippen molar-refractivity contribution < 1.29 is 0 Å². The Labute approximate surface area is 104 Å². The van der Waals surface area contributed by atoms with Crippen molar-refractivity contribution >= 4 is 12.2 Å². The fourth-order valence-electron chi connectivity index (χ4n) is 1.36. The predicted molar refractivity (Wildman–Crippen MR) is 69.8 cm³/mol. The monoisotopic (exact) mass is 243 g/mol. The lowest BCUT2D eigenvalue weighted by atomic mass is 10.2. The van der Waals surface area contributed by atoms with E-state index in [4.69, 9.17) is 0 Å². The van der Waals surface area contributed by atoms with Crippen molar-refractivity contribution in [2.24, 2.45) is 5.10 Å². The van der Waals surface area contributed by atoms with Gasteiger partial charge in [-0.05, 0) is 19.4 Å². The molecule has 2 N–H and O–H groups in total. The van der Waals surface area contributed by atoms with Crippen LogP contribution < -0.4 is 11.0 Å². The molecule has 6 heteroatoms. The molecule has 0 aliphatic rings. The lowest BCUT2D eigenvalue weighted by Gasteiger charge is -1.98. The first kappa shape index (κ1) is 12.0. The lowest BCUT2D eigenvalue weighted by Crippen LogP contribution is -2.15. The SMILES string of the molecule is Cc1cccc(/C=N\Nc2nnc(C)c(=O)[nH]2)c1. The van der Waals surface area contributed by atoms with Gasteiger partial charge in [-0.15, -0.1) is 10.2 Å². The number of rotatable bonds is 3. The van der Waals surface area contributed by atoms with Crippen LogP contribution in [-0.4, -0.2) is 21.4 Å². The molecule has 0 aliphatic carbocycles. The van der Waals surface area contributed by atoms with Crippen LogP contribution >= 0.6 is 0 Å². The van der Waals surface area contributed by atoms with Gasteiger partial charge in [0.25, 0.3) is 5.56 Å². The van der Waals surface area contributed by atoms with Crippen LogP contribution in [0, 0.1) is 13.8 Å². The van der Waals surface area contributed by atoms with Crippen LogP contribution in [0.3, 0.4) is 0 Å². The summed E-state index contributed by atoms with van der Waals surface area (Å²) in [4.78, 5) is 13.8. The number of nitrogens with zero attached hydrogens (tertiary/aromatic N) is 3. The average molecular weight is 243 g/mol. The minimum atomic E-state index is -0.279. The number of aromatic nitrogens is 3. The third-order valence-electron chi connectivity index (χ3n) is 2.29. The van der Waals surface area contributed by atoms with Gasteiger partial charge in [-0.3, -0.25) is 9.78 Å². The fourth-order valence-corrected chi connectivity index (χ4v) is 1.36. The van der Waals surface area contributed by atoms with E-state index < -0.39 is 0 Å². The Bertz CT molecular complexity index is 632. The molecule has 1 aromatic carbocycles. The normalized spacial score (nSPS) is 10.8. The van der Waals surface area contributed by atoms with Crippen molar-refractivity contribution in [2.75, 3.05) is 5.43 Å². The molecular weight excluding hydrogens is 230 g/mol. The number of hydrogen-bond donors (Lipinski definition) is 2. The molecule has 0 atom stereocenters. The van der Waals surface area contributed by atoms with Crippen molar-refractivity contribution in [1.29, 1.82) is 0 Å². The molecule has 6 nitrogen and oxygen atoms in total. The Morgan fingerprint density at radius 3 is 2.89 bits per heavy atom. The Kier molecular flexibility index (Phi) is 3.47. The molecule has 1 heterocycles. The van der Waals surface area contributed by atoms with Gasteiger partial charge in [0.2, 0.25) is 5.95 Å². The molecule has 0 saturated carbocycles. The molecule has 0 unspecified atom stereocenters. The Morgan fingerprint density at radius 2 is 2.17 bits per heavy atom. The highest BCUT2D eigenvalue weighted by Gasteiger charge is 1.97. The lowest BCUT2D eigenvalue weighted by molar-refractivity contribution is 0.897. The molecule has 2 aromatic rings. The van der Waals surface area contributed by atoms with Crippen molar-refractivity contribution in [3.05, 3.63) is 51.4 Å². The summed E-state index contributed by atoms with van der Waals surface area (Å²) in [6, 6.07) is 7.88. The van der Waals surface area contributed by atoms with Gasteiger partial charge in [-0.25, -0.2) is 5.43 Å². The standard InChI is InChI=1S/C12H13N5O/c1-8-4-3-5-10(6-8)7-13-16-12-14-11(18)9(2)15-17-12/h3-7H,1-2H3,(H2,14,16,17,18)/b13-7-. The van der Waals surface area contributed by atoms with Crippen LogP contribution in [0.25, 0.3) is 0 Å². The summed E-state index contributed by atoms with van der Waals surface area (Å²) in [5.74, 6) is 0.217. The van der Waals surface area contributed by atoms with E-state index >= 15 is 0 Å². The number of nitrogens with one attached hydrogen (secondary N) is 2. The van der Waals surface area contributed by atoms with Crippen LogP contribution in [0.5, 0.6) is 0 Å². The number of hydrazone groups is 1. The van der Waals surface area contributed by atoms with Gasteiger partial charge >= 0.3 is 0 Å². The first-order chi connectivity index (χ1) is 8.65. The van der Waals surface area contributed by atoms with Crippen LogP contribution in [-0.2, 0) is 0 Å². The molecule has 0 saturated heterocycles. The van der Waals surface area contributed by atoms with E-state index in [1.165, 1.54) is 0 Å². The molecule has 18 heavy (non-hydrogen) atoms. The van der Waals surface area contributed by atoms with Gasteiger partial charge in [0, 0.05) is 0 Å². The van der Waals surface area contributed by atoms with Gasteiger partial charge < -0.3 is 0 Å². The third kappa shape index (κ3) is 3.00. The van der Waals surface area contributed by atoms with Crippen molar-refractivity contribution in [1.82, 2.24) is 15.2 Å². The molecule has 0 spiro atoms. The largest absolute Gasteiger partial charge is 0.288 e. The van der Waals surface area contributed by atoms with Gasteiger partial charge in [-0.1, -0.05) is 29.8 Å². The minimum absolute atomic E-state index is 0.217. The molecule has 0 aliphatic heterocycles. The van der Waals surface area contributed by atoms with Crippen LogP contribution in [0.2, 0.25) is 0 Å². The quantitative estimate of drug-likeness (QED) is 0.627. The summed E-state index contributed by atoms with van der Waals surface area (Å²) in [5, 5.41) is 11.4. The highest BCUT2D eigenvalue weighted by atomic mass is 16.1. The van der Waals surface area contributed by atoms with Crippen LogP contribution in [0.15, 0.2) is 34.2 Å². The predicted octanol–water partition coefficient (Wildman–Crippen LogP) is 1.23. The molecule has 2 rings (SSSR count). The van der Waals surface area contributed by atoms with Crippen LogP contribution in [0.4, 0.5) is 5.95 Å². The zero-order valence-corrected chi connectivity index (χ0v) is 10.1. The molecule has 0 radical (unpaired) electrons. The summed E-state index contributed by atoms with van der Waals surface area (Å²) >= 11 is 0. The molecular formula is C12H13N5O.